The van der Waals surface area contributed by atoms with Gasteiger partial charge in [-0.1, -0.05) is 29.8 Å². The number of carbonyl (C=O) groups excluding carboxylic acids is 1. The molecule has 0 aliphatic heterocycles. The number of amides is 1. The molecular formula is C23H23ClN4O2. The molecule has 0 atom stereocenters. The maximum Gasteiger partial charge on any atom is 0.230 e. The summed E-state index contributed by atoms with van der Waals surface area (Å²) in [5.41, 5.74) is 2.51. The standard InChI is InChI=1S/C23H23ClN4O2/c24-17-8-9-21-20(14-17)26-22(27(21)11-5-4-10-25)15-28(18-6-2-1-3-7-18)23(30)16-12-19(29)13-16/h1-3,6-9,14,16,19,29H,4-5,11-13,15H2. The summed E-state index contributed by atoms with van der Waals surface area (Å²) in [6.45, 7) is 0.953. The lowest BCUT2D eigenvalue weighted by Gasteiger charge is -2.35. The summed E-state index contributed by atoms with van der Waals surface area (Å²) in [4.78, 5) is 19.8. The molecule has 7 heteroatoms. The highest BCUT2D eigenvalue weighted by Gasteiger charge is 2.36. The molecule has 0 saturated heterocycles. The van der Waals surface area contributed by atoms with Gasteiger partial charge in [0.1, 0.15) is 5.82 Å². The SMILES string of the molecule is N#CCCCn1c(CN(C(=O)C2CC(O)C2)c2ccccc2)nc2cc(Cl)ccc21. The Labute approximate surface area is 180 Å². The molecule has 4 rings (SSSR count). The minimum atomic E-state index is -0.394. The van der Waals surface area contributed by atoms with Crippen molar-refractivity contribution >= 4 is 34.2 Å². The van der Waals surface area contributed by atoms with Crippen LogP contribution in [-0.4, -0.2) is 26.7 Å². The summed E-state index contributed by atoms with van der Waals surface area (Å²) in [5, 5.41) is 19.2. The van der Waals surface area contributed by atoms with Crippen molar-refractivity contribution in [3.05, 3.63) is 59.4 Å². The molecule has 30 heavy (non-hydrogen) atoms. The van der Waals surface area contributed by atoms with Crippen LogP contribution in [0.1, 0.15) is 31.5 Å². The van der Waals surface area contributed by atoms with Crippen molar-refractivity contribution in [3.8, 4) is 6.07 Å². The number of imidazole rings is 1. The fourth-order valence-electron chi connectivity index (χ4n) is 3.89. The van der Waals surface area contributed by atoms with E-state index in [0.29, 0.717) is 43.8 Å². The van der Waals surface area contributed by atoms with E-state index in [1.807, 2.05) is 48.5 Å². The first kappa shape index (κ1) is 20.4. The summed E-state index contributed by atoms with van der Waals surface area (Å²) in [6, 6.07) is 17.3. The van der Waals surface area contributed by atoms with Gasteiger partial charge < -0.3 is 14.6 Å². The highest BCUT2D eigenvalue weighted by molar-refractivity contribution is 6.31. The van der Waals surface area contributed by atoms with Crippen molar-refractivity contribution in [2.45, 2.75) is 44.9 Å². The number of benzene rings is 2. The molecule has 1 fully saturated rings. The normalized spacial score (nSPS) is 18.0. The second-order valence-electron chi connectivity index (χ2n) is 7.66. The number of fused-ring (bicyclic) bond motifs is 1. The molecule has 6 nitrogen and oxygen atoms in total. The molecule has 2 aromatic carbocycles. The lowest BCUT2D eigenvalue weighted by atomic mass is 9.81. The lowest BCUT2D eigenvalue weighted by Crippen LogP contribution is -2.44. The van der Waals surface area contributed by atoms with Gasteiger partial charge in [-0.2, -0.15) is 5.26 Å². The zero-order valence-electron chi connectivity index (χ0n) is 16.5. The summed E-state index contributed by atoms with van der Waals surface area (Å²) in [6.07, 6.45) is 1.75. The van der Waals surface area contributed by atoms with Crippen LogP contribution in [0.4, 0.5) is 5.69 Å². The van der Waals surface area contributed by atoms with Gasteiger partial charge in [-0.15, -0.1) is 0 Å². The summed E-state index contributed by atoms with van der Waals surface area (Å²) in [7, 11) is 0. The van der Waals surface area contributed by atoms with Crippen LogP contribution in [0.2, 0.25) is 5.02 Å². The van der Waals surface area contributed by atoms with E-state index >= 15 is 0 Å². The molecule has 1 N–H and O–H groups in total. The molecule has 1 aliphatic carbocycles. The molecular weight excluding hydrogens is 400 g/mol. The topological polar surface area (TPSA) is 82.2 Å². The second-order valence-corrected chi connectivity index (χ2v) is 8.09. The molecule has 3 aromatic rings. The van der Waals surface area contributed by atoms with Crippen LogP contribution < -0.4 is 4.90 Å². The Morgan fingerprint density at radius 2 is 2.03 bits per heavy atom. The number of unbranched alkanes of at least 4 members (excludes halogenated alkanes) is 1. The van der Waals surface area contributed by atoms with Gasteiger partial charge in [0.25, 0.3) is 0 Å². The number of anilines is 1. The Bertz CT molecular complexity index is 1080. The van der Waals surface area contributed by atoms with E-state index in [1.54, 1.807) is 4.90 Å². The van der Waals surface area contributed by atoms with Crippen LogP contribution >= 0.6 is 11.6 Å². The van der Waals surface area contributed by atoms with Crippen molar-refractivity contribution in [2.24, 2.45) is 5.92 Å². The second kappa shape index (κ2) is 8.86. The quantitative estimate of drug-likeness (QED) is 0.575. The monoisotopic (exact) mass is 422 g/mol. The van der Waals surface area contributed by atoms with Crippen LogP contribution in [-0.2, 0) is 17.9 Å². The van der Waals surface area contributed by atoms with Crippen molar-refractivity contribution in [2.75, 3.05) is 4.90 Å². The van der Waals surface area contributed by atoms with E-state index in [1.165, 1.54) is 0 Å². The minimum Gasteiger partial charge on any atom is -0.393 e. The number of nitrogens with zero attached hydrogens (tertiary/aromatic N) is 4. The van der Waals surface area contributed by atoms with Crippen molar-refractivity contribution < 1.29 is 9.90 Å². The Morgan fingerprint density at radius 3 is 2.73 bits per heavy atom. The summed E-state index contributed by atoms with van der Waals surface area (Å²) in [5.74, 6) is 0.577. The van der Waals surface area contributed by atoms with Crippen LogP contribution in [0, 0.1) is 17.2 Å². The number of rotatable bonds is 7. The molecule has 0 radical (unpaired) electrons. The summed E-state index contributed by atoms with van der Waals surface area (Å²) >= 11 is 6.16. The van der Waals surface area contributed by atoms with Gasteiger partial charge >= 0.3 is 0 Å². The fraction of sp³-hybridized carbons (Fsp3) is 0.348. The number of aryl methyl sites for hydroxylation is 1. The van der Waals surface area contributed by atoms with E-state index in [0.717, 1.165) is 22.5 Å². The molecule has 0 unspecified atom stereocenters. The molecule has 1 amide bonds. The third-order valence-corrected chi connectivity index (χ3v) is 5.79. The maximum absolute atomic E-state index is 13.2. The van der Waals surface area contributed by atoms with E-state index in [4.69, 9.17) is 21.8 Å². The average molecular weight is 423 g/mol. The van der Waals surface area contributed by atoms with E-state index in [9.17, 15) is 9.90 Å². The number of aliphatic hydroxyl groups excluding tert-OH is 1. The lowest BCUT2D eigenvalue weighted by molar-refractivity contribution is -0.128. The number of para-hydroxylation sites is 1. The Kier molecular flexibility index (Phi) is 6.03. The Balaban J connectivity index is 1.70. The van der Waals surface area contributed by atoms with Crippen molar-refractivity contribution in [1.82, 2.24) is 9.55 Å². The van der Waals surface area contributed by atoms with Crippen LogP contribution in [0.5, 0.6) is 0 Å². The van der Waals surface area contributed by atoms with Crippen LogP contribution in [0.3, 0.4) is 0 Å². The summed E-state index contributed by atoms with van der Waals surface area (Å²) < 4.78 is 2.07. The highest BCUT2D eigenvalue weighted by Crippen LogP contribution is 2.32. The Hall–Kier alpha value is -2.88. The first-order valence-corrected chi connectivity index (χ1v) is 10.5. The number of aromatic nitrogens is 2. The predicted octanol–water partition coefficient (Wildman–Crippen LogP) is 4.30. The molecule has 1 heterocycles. The zero-order chi connectivity index (χ0) is 21.1. The van der Waals surface area contributed by atoms with Gasteiger partial charge in [0, 0.05) is 29.6 Å². The fourth-order valence-corrected chi connectivity index (χ4v) is 4.06. The number of hydrogen-bond acceptors (Lipinski definition) is 4. The molecule has 0 spiro atoms. The van der Waals surface area contributed by atoms with Gasteiger partial charge in [-0.05, 0) is 49.6 Å². The van der Waals surface area contributed by atoms with Gasteiger partial charge in [-0.25, -0.2) is 4.98 Å². The molecule has 0 bridgehead atoms. The number of aliphatic hydroxyl groups is 1. The highest BCUT2D eigenvalue weighted by atomic mass is 35.5. The molecule has 1 aromatic heterocycles. The molecule has 1 aliphatic rings. The van der Waals surface area contributed by atoms with Crippen LogP contribution in [0.25, 0.3) is 11.0 Å². The largest absolute Gasteiger partial charge is 0.393 e. The first-order chi connectivity index (χ1) is 14.6. The zero-order valence-corrected chi connectivity index (χ0v) is 17.3. The average Bonchev–Trinajstić information content (AvgIpc) is 3.06. The minimum absolute atomic E-state index is 0.000151. The van der Waals surface area contributed by atoms with Gasteiger partial charge in [0.15, 0.2) is 0 Å². The third kappa shape index (κ3) is 4.18. The maximum atomic E-state index is 13.2. The third-order valence-electron chi connectivity index (χ3n) is 5.56. The van der Waals surface area contributed by atoms with E-state index in [2.05, 4.69) is 10.6 Å². The van der Waals surface area contributed by atoms with Crippen molar-refractivity contribution in [1.29, 1.82) is 5.26 Å². The molecule has 154 valence electrons. The van der Waals surface area contributed by atoms with Gasteiger partial charge in [-0.3, -0.25) is 4.79 Å². The molecule has 1 saturated carbocycles. The smallest absolute Gasteiger partial charge is 0.230 e. The van der Waals surface area contributed by atoms with Crippen LogP contribution in [0.15, 0.2) is 48.5 Å². The van der Waals surface area contributed by atoms with Crippen molar-refractivity contribution in [3.63, 3.8) is 0 Å². The predicted molar refractivity (Wildman–Crippen MR) is 116 cm³/mol. The Morgan fingerprint density at radius 1 is 1.27 bits per heavy atom. The van der Waals surface area contributed by atoms with E-state index in [-0.39, 0.29) is 11.8 Å². The van der Waals surface area contributed by atoms with Gasteiger partial charge in [0.2, 0.25) is 5.91 Å². The number of halogens is 1. The van der Waals surface area contributed by atoms with E-state index < -0.39 is 6.10 Å². The first-order valence-electron chi connectivity index (χ1n) is 10.1. The van der Waals surface area contributed by atoms with Gasteiger partial charge in [0.05, 0.1) is 29.8 Å². The number of nitriles is 1. The number of hydrogen-bond donors (Lipinski definition) is 1. The number of carbonyl (C=O) groups is 1.